The second-order valence-electron chi connectivity index (χ2n) is 2.19. The Balaban J connectivity index is 2.03. The summed E-state index contributed by atoms with van der Waals surface area (Å²) in [5, 5.41) is 6.21. The summed E-state index contributed by atoms with van der Waals surface area (Å²) in [5.74, 6) is 0. The largest absolute Gasteiger partial charge is 0.358 e. The first-order valence-electron chi connectivity index (χ1n) is 3.14. The van der Waals surface area contributed by atoms with Gasteiger partial charge in [0.2, 0.25) is 0 Å². The Labute approximate surface area is 54.7 Å². The lowest BCUT2D eigenvalue weighted by atomic mass is 10.3. The molecule has 1 saturated heterocycles. The van der Waals surface area contributed by atoms with Crippen molar-refractivity contribution in [3.8, 4) is 0 Å². The highest BCUT2D eigenvalue weighted by Crippen LogP contribution is 2.08. The van der Waals surface area contributed by atoms with Crippen molar-refractivity contribution in [1.29, 1.82) is 0 Å². The maximum absolute atomic E-state index is 3.13. The molecule has 0 aromatic rings. The standard InChI is InChI=1S/C6H9N3/c1-2-7-6-8-3-5-9(6)4-1/h3,5-8H,1,4H2. The maximum atomic E-state index is 3.13. The molecule has 1 fully saturated rings. The number of hydrogen-bond donors (Lipinski definition) is 2. The minimum atomic E-state index is 0.277. The lowest BCUT2D eigenvalue weighted by molar-refractivity contribution is 0.215. The molecule has 1 unspecified atom stereocenters. The molecular formula is C6H9N3. The fraction of sp³-hybridized carbons (Fsp3) is 0.500. The first-order valence-corrected chi connectivity index (χ1v) is 3.14. The summed E-state index contributed by atoms with van der Waals surface area (Å²) in [5.41, 5.74) is 0. The Morgan fingerprint density at radius 1 is 1.67 bits per heavy atom. The molecule has 2 aliphatic heterocycles. The number of nitrogens with zero attached hydrogens (tertiary/aromatic N) is 1. The predicted octanol–water partition coefficient (Wildman–Crippen LogP) is -0.322. The molecule has 9 heavy (non-hydrogen) atoms. The molecule has 0 aromatic heterocycles. The smallest absolute Gasteiger partial charge is 0.155 e. The van der Waals surface area contributed by atoms with Gasteiger partial charge in [-0.2, -0.15) is 0 Å². The Morgan fingerprint density at radius 2 is 2.67 bits per heavy atom. The zero-order valence-electron chi connectivity index (χ0n) is 5.09. The molecule has 0 saturated carbocycles. The van der Waals surface area contributed by atoms with E-state index in [-0.39, 0.29) is 6.29 Å². The van der Waals surface area contributed by atoms with Gasteiger partial charge in [-0.3, -0.25) is 5.32 Å². The molecule has 1 atom stereocenters. The fourth-order valence-corrected chi connectivity index (χ4v) is 1.09. The van der Waals surface area contributed by atoms with Gasteiger partial charge in [0.1, 0.15) is 0 Å². The van der Waals surface area contributed by atoms with E-state index in [9.17, 15) is 0 Å². The molecule has 3 heteroatoms. The Hall–Kier alpha value is -0.700. The van der Waals surface area contributed by atoms with E-state index < -0.39 is 0 Å². The molecule has 0 aromatic carbocycles. The molecule has 0 amide bonds. The average Bonchev–Trinajstić information content (AvgIpc) is 2.33. The minimum Gasteiger partial charge on any atom is -0.358 e. The summed E-state index contributed by atoms with van der Waals surface area (Å²) in [6, 6.07) is 0. The lowest BCUT2D eigenvalue weighted by Gasteiger charge is -2.30. The summed E-state index contributed by atoms with van der Waals surface area (Å²) < 4.78 is 0. The first-order chi connectivity index (χ1) is 4.47. The van der Waals surface area contributed by atoms with E-state index in [1.54, 1.807) is 0 Å². The lowest BCUT2D eigenvalue weighted by Crippen LogP contribution is -2.50. The van der Waals surface area contributed by atoms with E-state index in [2.05, 4.69) is 28.3 Å². The summed E-state index contributed by atoms with van der Waals surface area (Å²) in [6.45, 7) is 4.13. The van der Waals surface area contributed by atoms with Gasteiger partial charge in [-0.15, -0.1) is 0 Å². The molecule has 2 N–H and O–H groups in total. The number of nitrogens with one attached hydrogen (secondary N) is 2. The van der Waals surface area contributed by atoms with Crippen molar-refractivity contribution in [1.82, 2.24) is 15.5 Å². The molecule has 0 spiro atoms. The van der Waals surface area contributed by atoms with Crippen LogP contribution >= 0.6 is 0 Å². The van der Waals surface area contributed by atoms with Gasteiger partial charge >= 0.3 is 0 Å². The third-order valence-electron chi connectivity index (χ3n) is 1.59. The van der Waals surface area contributed by atoms with Crippen molar-refractivity contribution in [2.24, 2.45) is 0 Å². The fourth-order valence-electron chi connectivity index (χ4n) is 1.09. The summed E-state index contributed by atoms with van der Waals surface area (Å²) >= 11 is 0. The predicted molar refractivity (Wildman–Crippen MR) is 33.8 cm³/mol. The van der Waals surface area contributed by atoms with Gasteiger partial charge in [0.05, 0.1) is 6.54 Å². The number of fused-ring (bicyclic) bond motifs is 1. The highest BCUT2D eigenvalue weighted by atomic mass is 15.4. The van der Waals surface area contributed by atoms with E-state index in [1.165, 1.54) is 0 Å². The molecule has 2 radical (unpaired) electrons. The van der Waals surface area contributed by atoms with Gasteiger partial charge in [0, 0.05) is 18.9 Å². The molecule has 2 rings (SSSR count). The van der Waals surface area contributed by atoms with E-state index in [0.717, 1.165) is 13.0 Å². The summed E-state index contributed by atoms with van der Waals surface area (Å²) in [6.07, 6.45) is 5.28. The highest BCUT2D eigenvalue weighted by molar-refractivity contribution is 4.96. The highest BCUT2D eigenvalue weighted by Gasteiger charge is 2.20. The van der Waals surface area contributed by atoms with Gasteiger partial charge in [0.15, 0.2) is 6.29 Å². The first kappa shape index (κ1) is 5.11. The van der Waals surface area contributed by atoms with Crippen LogP contribution in [0.15, 0.2) is 12.4 Å². The molecule has 3 nitrogen and oxygen atoms in total. The average molecular weight is 123 g/mol. The summed E-state index contributed by atoms with van der Waals surface area (Å²) in [4.78, 5) is 2.20. The van der Waals surface area contributed by atoms with Crippen molar-refractivity contribution in [2.75, 3.05) is 6.54 Å². The Morgan fingerprint density at radius 3 is 3.56 bits per heavy atom. The van der Waals surface area contributed by atoms with E-state index in [1.807, 2.05) is 6.20 Å². The van der Waals surface area contributed by atoms with Gasteiger partial charge < -0.3 is 10.2 Å². The van der Waals surface area contributed by atoms with Crippen LogP contribution in [0.4, 0.5) is 0 Å². The molecule has 0 bridgehead atoms. The van der Waals surface area contributed by atoms with Gasteiger partial charge in [-0.05, 0) is 6.42 Å². The van der Waals surface area contributed by atoms with Crippen LogP contribution in [0.2, 0.25) is 0 Å². The Bertz CT molecular complexity index is 132. The second-order valence-corrected chi connectivity index (χ2v) is 2.19. The third kappa shape index (κ3) is 0.772. The minimum absolute atomic E-state index is 0.277. The van der Waals surface area contributed by atoms with Crippen molar-refractivity contribution in [3.63, 3.8) is 0 Å². The molecule has 0 aliphatic carbocycles. The van der Waals surface area contributed by atoms with Crippen molar-refractivity contribution < 1.29 is 0 Å². The monoisotopic (exact) mass is 123 g/mol. The molecular weight excluding hydrogens is 114 g/mol. The number of hydrogen-bond acceptors (Lipinski definition) is 3. The van der Waals surface area contributed by atoms with E-state index >= 15 is 0 Å². The van der Waals surface area contributed by atoms with Crippen LogP contribution in [0, 0.1) is 6.54 Å². The van der Waals surface area contributed by atoms with Crippen molar-refractivity contribution in [3.05, 3.63) is 18.9 Å². The number of rotatable bonds is 0. The molecule has 48 valence electrons. The van der Waals surface area contributed by atoms with Gasteiger partial charge in [-0.25, -0.2) is 0 Å². The van der Waals surface area contributed by atoms with Crippen LogP contribution in [-0.4, -0.2) is 17.7 Å². The van der Waals surface area contributed by atoms with Crippen LogP contribution < -0.4 is 10.6 Å². The van der Waals surface area contributed by atoms with Crippen LogP contribution in [0.3, 0.4) is 0 Å². The van der Waals surface area contributed by atoms with Crippen LogP contribution in [0.5, 0.6) is 0 Å². The second kappa shape index (κ2) is 1.92. The van der Waals surface area contributed by atoms with Crippen molar-refractivity contribution >= 4 is 0 Å². The van der Waals surface area contributed by atoms with E-state index in [4.69, 9.17) is 0 Å². The van der Waals surface area contributed by atoms with Crippen LogP contribution in [-0.2, 0) is 0 Å². The van der Waals surface area contributed by atoms with Crippen LogP contribution in [0.25, 0.3) is 0 Å². The van der Waals surface area contributed by atoms with E-state index in [0.29, 0.717) is 0 Å². The normalized spacial score (nSPS) is 32.0. The van der Waals surface area contributed by atoms with Crippen LogP contribution in [0.1, 0.15) is 6.42 Å². The topological polar surface area (TPSA) is 27.3 Å². The Kier molecular flexibility index (Phi) is 1.09. The van der Waals surface area contributed by atoms with Crippen molar-refractivity contribution in [2.45, 2.75) is 12.7 Å². The maximum Gasteiger partial charge on any atom is 0.155 e. The third-order valence-corrected chi connectivity index (χ3v) is 1.59. The SMILES string of the molecule is [C]1CCN2C=CNC2N1. The quantitative estimate of drug-likeness (QED) is 0.462. The van der Waals surface area contributed by atoms with Gasteiger partial charge in [-0.1, -0.05) is 0 Å². The molecule has 2 aliphatic rings. The summed E-state index contributed by atoms with van der Waals surface area (Å²) in [7, 11) is 0. The zero-order valence-corrected chi connectivity index (χ0v) is 5.09. The molecule has 2 heterocycles. The van der Waals surface area contributed by atoms with Gasteiger partial charge in [0.25, 0.3) is 0 Å². The zero-order chi connectivity index (χ0) is 6.10.